The maximum atomic E-state index is 11.5. The Kier molecular flexibility index (Phi) is 10.9. The molecule has 3 N–H and O–H groups in total. The second kappa shape index (κ2) is 11.8. The van der Waals surface area contributed by atoms with Crippen molar-refractivity contribution < 1.29 is 19.1 Å². The molecule has 0 spiro atoms. The van der Waals surface area contributed by atoms with Gasteiger partial charge in [0.2, 0.25) is 5.91 Å². The molecule has 22 heavy (non-hydrogen) atoms. The molecule has 0 radical (unpaired) electrons. The van der Waals surface area contributed by atoms with E-state index in [1.165, 1.54) is 7.11 Å². The maximum Gasteiger partial charge on any atom is 0.305 e. The Bertz CT molecular complexity index is 451. The van der Waals surface area contributed by atoms with Crippen LogP contribution in [0.2, 0.25) is 0 Å². The summed E-state index contributed by atoms with van der Waals surface area (Å²) in [7, 11) is 1.36. The predicted octanol–water partition coefficient (Wildman–Crippen LogP) is 2.12. The van der Waals surface area contributed by atoms with Crippen molar-refractivity contribution in [2.24, 2.45) is 5.73 Å². The molecule has 0 aliphatic heterocycles. The number of carbonyl (C=O) groups excluding carboxylic acids is 2. The average Bonchev–Trinajstić information content (AvgIpc) is 2.50. The van der Waals surface area contributed by atoms with Gasteiger partial charge < -0.3 is 20.5 Å². The number of ether oxygens (including phenoxy) is 2. The summed E-state index contributed by atoms with van der Waals surface area (Å²) in [5, 5.41) is 2.78. The molecular weight excluding hydrogens is 308 g/mol. The Hall–Kier alpha value is -1.79. The average molecular weight is 331 g/mol. The van der Waals surface area contributed by atoms with E-state index in [0.717, 1.165) is 5.69 Å². The van der Waals surface area contributed by atoms with E-state index in [1.807, 2.05) is 0 Å². The van der Waals surface area contributed by atoms with E-state index in [-0.39, 0.29) is 24.3 Å². The molecule has 0 unspecified atom stereocenters. The molecule has 124 valence electrons. The second-order valence-electron chi connectivity index (χ2n) is 4.49. The number of hydrogen-bond donors (Lipinski definition) is 2. The molecular formula is C15H23ClN2O4. The van der Waals surface area contributed by atoms with Crippen molar-refractivity contribution in [2.45, 2.75) is 25.7 Å². The highest BCUT2D eigenvalue weighted by Crippen LogP contribution is 2.16. The molecule has 1 aromatic rings. The zero-order valence-electron chi connectivity index (χ0n) is 12.7. The summed E-state index contributed by atoms with van der Waals surface area (Å²) in [6, 6.07) is 7.10. The van der Waals surface area contributed by atoms with Gasteiger partial charge in [-0.1, -0.05) is 0 Å². The standard InChI is InChI=1S/C15H22N2O4.ClH/c1-20-15(19)5-3-11-21-13-8-6-12(7-9-13)17-14(18)4-2-10-16;/h6-9H,2-5,10-11,16H2,1H3,(H,17,18);1H. The van der Waals surface area contributed by atoms with Gasteiger partial charge in [0.1, 0.15) is 5.75 Å². The Morgan fingerprint density at radius 1 is 1.14 bits per heavy atom. The molecule has 7 heteroatoms. The number of hydrogen-bond acceptors (Lipinski definition) is 5. The van der Waals surface area contributed by atoms with Crippen LogP contribution >= 0.6 is 12.4 Å². The Morgan fingerprint density at radius 2 is 1.82 bits per heavy atom. The van der Waals surface area contributed by atoms with Crippen molar-refractivity contribution in [1.82, 2.24) is 0 Å². The number of nitrogens with two attached hydrogens (primary N) is 1. The Morgan fingerprint density at radius 3 is 2.41 bits per heavy atom. The summed E-state index contributed by atoms with van der Waals surface area (Å²) in [6.07, 6.45) is 2.03. The maximum absolute atomic E-state index is 11.5. The SMILES string of the molecule is COC(=O)CCCOc1ccc(NC(=O)CCCN)cc1.Cl. The van der Waals surface area contributed by atoms with E-state index < -0.39 is 0 Å². The number of carbonyl (C=O) groups is 2. The summed E-state index contributed by atoms with van der Waals surface area (Å²) < 4.78 is 10.0. The first-order chi connectivity index (χ1) is 10.2. The number of benzene rings is 1. The van der Waals surface area contributed by atoms with Crippen LogP contribution in [0.1, 0.15) is 25.7 Å². The van der Waals surface area contributed by atoms with Crippen LogP contribution in [0.25, 0.3) is 0 Å². The molecule has 0 heterocycles. The van der Waals surface area contributed by atoms with E-state index in [0.29, 0.717) is 44.6 Å². The fraction of sp³-hybridized carbons (Fsp3) is 0.467. The number of rotatable bonds is 9. The van der Waals surface area contributed by atoms with E-state index in [2.05, 4.69) is 10.1 Å². The predicted molar refractivity (Wildman–Crippen MR) is 87.4 cm³/mol. The lowest BCUT2D eigenvalue weighted by Crippen LogP contribution is -2.13. The number of anilines is 1. The number of amides is 1. The van der Waals surface area contributed by atoms with Crippen LogP contribution in [0.15, 0.2) is 24.3 Å². The molecule has 6 nitrogen and oxygen atoms in total. The van der Waals surface area contributed by atoms with Gasteiger partial charge in [0.15, 0.2) is 0 Å². The summed E-state index contributed by atoms with van der Waals surface area (Å²) in [6.45, 7) is 0.947. The van der Waals surface area contributed by atoms with Crippen LogP contribution in [0.4, 0.5) is 5.69 Å². The van der Waals surface area contributed by atoms with Crippen molar-refractivity contribution in [3.8, 4) is 5.75 Å². The molecule has 0 aliphatic carbocycles. The third kappa shape index (κ3) is 8.49. The number of esters is 1. The van der Waals surface area contributed by atoms with Crippen LogP contribution in [-0.4, -0.2) is 32.1 Å². The lowest BCUT2D eigenvalue weighted by Gasteiger charge is -2.08. The number of halogens is 1. The molecule has 0 aliphatic rings. The van der Waals surface area contributed by atoms with Gasteiger partial charge in [0, 0.05) is 18.5 Å². The fourth-order valence-corrected chi connectivity index (χ4v) is 1.63. The minimum absolute atomic E-state index is 0. The third-order valence-corrected chi connectivity index (χ3v) is 2.77. The van der Waals surface area contributed by atoms with Gasteiger partial charge in [0.05, 0.1) is 13.7 Å². The lowest BCUT2D eigenvalue weighted by molar-refractivity contribution is -0.140. The van der Waals surface area contributed by atoms with Crippen LogP contribution < -0.4 is 15.8 Å². The van der Waals surface area contributed by atoms with Gasteiger partial charge in [-0.2, -0.15) is 0 Å². The molecule has 1 aromatic carbocycles. The quantitative estimate of drug-likeness (QED) is 0.534. The summed E-state index contributed by atoms with van der Waals surface area (Å²) in [5.41, 5.74) is 6.07. The van der Waals surface area contributed by atoms with Crippen molar-refractivity contribution >= 4 is 30.0 Å². The summed E-state index contributed by atoms with van der Waals surface area (Å²) in [4.78, 5) is 22.4. The van der Waals surface area contributed by atoms with Crippen molar-refractivity contribution in [3.05, 3.63) is 24.3 Å². The van der Waals surface area contributed by atoms with Gasteiger partial charge in [-0.3, -0.25) is 9.59 Å². The first-order valence-corrected chi connectivity index (χ1v) is 6.95. The minimum atomic E-state index is -0.242. The topological polar surface area (TPSA) is 90.6 Å². The zero-order valence-corrected chi connectivity index (χ0v) is 13.5. The van der Waals surface area contributed by atoms with E-state index in [1.54, 1.807) is 24.3 Å². The lowest BCUT2D eigenvalue weighted by atomic mass is 10.2. The van der Waals surface area contributed by atoms with Crippen molar-refractivity contribution in [1.29, 1.82) is 0 Å². The number of methoxy groups -OCH3 is 1. The third-order valence-electron chi connectivity index (χ3n) is 2.77. The molecule has 0 saturated heterocycles. The highest BCUT2D eigenvalue weighted by atomic mass is 35.5. The van der Waals surface area contributed by atoms with E-state index in [4.69, 9.17) is 10.5 Å². The fourth-order valence-electron chi connectivity index (χ4n) is 1.63. The molecule has 0 aromatic heterocycles. The minimum Gasteiger partial charge on any atom is -0.494 e. The van der Waals surface area contributed by atoms with Crippen molar-refractivity contribution in [3.63, 3.8) is 0 Å². The zero-order chi connectivity index (χ0) is 15.5. The normalized spacial score (nSPS) is 9.55. The van der Waals surface area contributed by atoms with Crippen LogP contribution in [0, 0.1) is 0 Å². The highest BCUT2D eigenvalue weighted by Gasteiger charge is 2.03. The monoisotopic (exact) mass is 330 g/mol. The summed E-state index contributed by atoms with van der Waals surface area (Å²) >= 11 is 0. The van der Waals surface area contributed by atoms with Gasteiger partial charge in [-0.15, -0.1) is 12.4 Å². The molecule has 1 rings (SSSR count). The Balaban J connectivity index is 0.00000441. The molecule has 0 atom stereocenters. The van der Waals surface area contributed by atoms with Gasteiger partial charge >= 0.3 is 5.97 Å². The first-order valence-electron chi connectivity index (χ1n) is 6.95. The Labute approximate surface area is 136 Å². The highest BCUT2D eigenvalue weighted by molar-refractivity contribution is 5.90. The van der Waals surface area contributed by atoms with Crippen molar-refractivity contribution in [2.75, 3.05) is 25.6 Å². The van der Waals surface area contributed by atoms with Crippen LogP contribution in [-0.2, 0) is 14.3 Å². The van der Waals surface area contributed by atoms with Crippen LogP contribution in [0.5, 0.6) is 5.75 Å². The van der Waals surface area contributed by atoms with E-state index in [9.17, 15) is 9.59 Å². The summed E-state index contributed by atoms with van der Waals surface area (Å²) in [5.74, 6) is 0.404. The number of nitrogens with one attached hydrogen (secondary N) is 1. The van der Waals surface area contributed by atoms with Gasteiger partial charge in [-0.25, -0.2) is 0 Å². The van der Waals surface area contributed by atoms with Gasteiger partial charge in [0.25, 0.3) is 0 Å². The molecule has 0 bridgehead atoms. The second-order valence-corrected chi connectivity index (χ2v) is 4.49. The molecule has 0 saturated carbocycles. The molecule has 1 amide bonds. The first kappa shape index (κ1) is 20.2. The van der Waals surface area contributed by atoms with Gasteiger partial charge in [-0.05, 0) is 43.7 Å². The largest absolute Gasteiger partial charge is 0.494 e. The van der Waals surface area contributed by atoms with E-state index >= 15 is 0 Å². The van der Waals surface area contributed by atoms with Crippen LogP contribution in [0.3, 0.4) is 0 Å². The molecule has 0 fully saturated rings. The smallest absolute Gasteiger partial charge is 0.305 e.